The van der Waals surface area contributed by atoms with Crippen molar-refractivity contribution >= 4 is 46.0 Å². The zero-order valence-electron chi connectivity index (χ0n) is 15.4. The van der Waals surface area contributed by atoms with Crippen LogP contribution in [0.3, 0.4) is 0 Å². The number of nitrogens with one attached hydrogen (secondary N) is 1. The molecule has 7 heteroatoms. The lowest BCUT2D eigenvalue weighted by atomic mass is 9.81. The fourth-order valence-electron chi connectivity index (χ4n) is 3.23. The van der Waals surface area contributed by atoms with Crippen LogP contribution in [0.1, 0.15) is 51.5 Å². The van der Waals surface area contributed by atoms with Crippen LogP contribution >= 0.6 is 11.6 Å². The second kappa shape index (κ2) is 7.13. The van der Waals surface area contributed by atoms with Crippen LogP contribution < -0.4 is 0 Å². The molecule has 1 heterocycles. The molecule has 0 spiro atoms. The molecular formula is C21H16ClNO5. The number of furan rings is 1. The fraction of sp³-hybridized carbons (Fsp3) is 0.190. The second-order valence-electron chi connectivity index (χ2n) is 6.66. The minimum absolute atomic E-state index is 0.0516. The SMILES string of the molecule is CC(=N)C(C(C)=O)C1=C(Cl)C(=O)C(=O)c2c(C(=O)c3ccc(C)cc3)coc21. The minimum atomic E-state index is -1.14. The fourth-order valence-corrected chi connectivity index (χ4v) is 3.51. The smallest absolute Gasteiger partial charge is 0.245 e. The van der Waals surface area contributed by atoms with E-state index in [9.17, 15) is 19.2 Å². The van der Waals surface area contributed by atoms with Gasteiger partial charge in [0.15, 0.2) is 5.78 Å². The van der Waals surface area contributed by atoms with Crippen LogP contribution in [0, 0.1) is 18.3 Å². The summed E-state index contributed by atoms with van der Waals surface area (Å²) in [6.07, 6.45) is 1.09. The highest BCUT2D eigenvalue weighted by Crippen LogP contribution is 2.40. The molecule has 28 heavy (non-hydrogen) atoms. The lowest BCUT2D eigenvalue weighted by molar-refractivity contribution is -0.117. The summed E-state index contributed by atoms with van der Waals surface area (Å²) in [5.74, 6) is -4.19. The van der Waals surface area contributed by atoms with Crippen molar-refractivity contribution in [2.45, 2.75) is 20.8 Å². The molecule has 1 aromatic carbocycles. The molecule has 1 N–H and O–H groups in total. The molecule has 6 nitrogen and oxygen atoms in total. The Hall–Kier alpha value is -3.12. The molecule has 1 aliphatic carbocycles. The van der Waals surface area contributed by atoms with E-state index in [0.29, 0.717) is 5.56 Å². The first-order valence-electron chi connectivity index (χ1n) is 8.42. The summed E-state index contributed by atoms with van der Waals surface area (Å²) in [7, 11) is 0. The molecule has 0 aliphatic heterocycles. The highest BCUT2D eigenvalue weighted by Gasteiger charge is 2.42. The number of benzene rings is 1. The van der Waals surface area contributed by atoms with Gasteiger partial charge in [-0.05, 0) is 20.8 Å². The summed E-state index contributed by atoms with van der Waals surface area (Å²) < 4.78 is 5.45. The molecule has 0 fully saturated rings. The van der Waals surface area contributed by atoms with Gasteiger partial charge in [0.2, 0.25) is 11.6 Å². The number of ketones is 4. The topological polar surface area (TPSA) is 105 Å². The molecule has 1 atom stereocenters. The van der Waals surface area contributed by atoms with Crippen LogP contribution in [0.25, 0.3) is 5.57 Å². The van der Waals surface area contributed by atoms with Crippen molar-refractivity contribution in [2.24, 2.45) is 5.92 Å². The molecular weight excluding hydrogens is 382 g/mol. The van der Waals surface area contributed by atoms with Crippen molar-refractivity contribution in [3.8, 4) is 0 Å². The Labute approximate surface area is 165 Å². The van der Waals surface area contributed by atoms with Crippen LogP contribution in [0.15, 0.2) is 40.0 Å². The van der Waals surface area contributed by atoms with Crippen molar-refractivity contribution in [3.05, 3.63) is 63.6 Å². The van der Waals surface area contributed by atoms with Gasteiger partial charge in [-0.25, -0.2) is 0 Å². The average Bonchev–Trinajstić information content (AvgIpc) is 3.07. The molecule has 0 bridgehead atoms. The monoisotopic (exact) mass is 397 g/mol. The standard InChI is InChI=1S/C21H16ClNO5/c1-9-4-6-12(7-5-9)18(25)13-8-28-21-15(13)19(26)20(27)17(22)16(21)14(10(2)23)11(3)24/h4-8,14,23H,1-3H3. The van der Waals surface area contributed by atoms with E-state index in [2.05, 4.69) is 0 Å². The van der Waals surface area contributed by atoms with Crippen molar-refractivity contribution in [2.75, 3.05) is 0 Å². The molecule has 1 aromatic heterocycles. The molecule has 0 saturated carbocycles. The Morgan fingerprint density at radius 3 is 2.21 bits per heavy atom. The number of rotatable bonds is 5. The number of halogens is 1. The van der Waals surface area contributed by atoms with E-state index < -0.39 is 34.1 Å². The highest BCUT2D eigenvalue weighted by molar-refractivity contribution is 6.65. The number of carbonyl (C=O) groups is 4. The Morgan fingerprint density at radius 2 is 1.68 bits per heavy atom. The first-order valence-corrected chi connectivity index (χ1v) is 8.80. The van der Waals surface area contributed by atoms with Crippen molar-refractivity contribution in [3.63, 3.8) is 0 Å². The average molecular weight is 398 g/mol. The summed E-state index contributed by atoms with van der Waals surface area (Å²) in [6, 6.07) is 6.71. The van der Waals surface area contributed by atoms with Gasteiger partial charge in [0, 0.05) is 16.8 Å². The lowest BCUT2D eigenvalue weighted by Gasteiger charge is -2.21. The number of Topliss-reactive ketones (excluding diaryl/α,β-unsaturated/α-hetero) is 3. The van der Waals surface area contributed by atoms with E-state index in [4.69, 9.17) is 21.4 Å². The predicted octanol–water partition coefficient (Wildman–Crippen LogP) is 3.78. The minimum Gasteiger partial charge on any atom is -0.463 e. The van der Waals surface area contributed by atoms with Crippen LogP contribution in [-0.2, 0) is 9.59 Å². The molecule has 0 radical (unpaired) electrons. The maximum atomic E-state index is 12.9. The summed E-state index contributed by atoms with van der Waals surface area (Å²) in [4.78, 5) is 50.0. The number of carbonyl (C=O) groups excluding carboxylic acids is 4. The Balaban J connectivity index is 2.22. The van der Waals surface area contributed by atoms with Crippen LogP contribution in [0.2, 0.25) is 0 Å². The zero-order valence-corrected chi connectivity index (χ0v) is 16.1. The van der Waals surface area contributed by atoms with Gasteiger partial charge in [-0.3, -0.25) is 19.2 Å². The predicted molar refractivity (Wildman–Crippen MR) is 103 cm³/mol. The van der Waals surface area contributed by atoms with E-state index in [1.165, 1.54) is 13.8 Å². The third-order valence-electron chi connectivity index (χ3n) is 4.59. The van der Waals surface area contributed by atoms with Crippen molar-refractivity contribution in [1.82, 2.24) is 0 Å². The van der Waals surface area contributed by atoms with Gasteiger partial charge in [-0.1, -0.05) is 41.4 Å². The Kier molecular flexibility index (Phi) is 5.00. The number of allylic oxidation sites excluding steroid dienone is 2. The van der Waals surface area contributed by atoms with Crippen LogP contribution in [0.5, 0.6) is 0 Å². The van der Waals surface area contributed by atoms with E-state index in [0.717, 1.165) is 11.8 Å². The molecule has 1 unspecified atom stereocenters. The quantitative estimate of drug-likeness (QED) is 0.469. The van der Waals surface area contributed by atoms with Gasteiger partial charge in [0.25, 0.3) is 0 Å². The molecule has 0 saturated heterocycles. The number of hydrogen-bond acceptors (Lipinski definition) is 6. The van der Waals surface area contributed by atoms with Gasteiger partial charge in [0.1, 0.15) is 22.8 Å². The highest BCUT2D eigenvalue weighted by atomic mass is 35.5. The zero-order chi connectivity index (χ0) is 20.7. The molecule has 0 amide bonds. The van der Waals surface area contributed by atoms with E-state index >= 15 is 0 Å². The van der Waals surface area contributed by atoms with E-state index in [-0.39, 0.29) is 28.2 Å². The third-order valence-corrected chi connectivity index (χ3v) is 4.97. The normalized spacial score (nSPS) is 14.7. The maximum Gasteiger partial charge on any atom is 0.245 e. The Bertz CT molecular complexity index is 1070. The molecule has 1 aliphatic rings. The maximum absolute atomic E-state index is 12.9. The molecule has 142 valence electrons. The van der Waals surface area contributed by atoms with Gasteiger partial charge in [0.05, 0.1) is 17.0 Å². The largest absolute Gasteiger partial charge is 0.463 e. The van der Waals surface area contributed by atoms with Gasteiger partial charge >= 0.3 is 0 Å². The number of hydrogen-bond donors (Lipinski definition) is 1. The Morgan fingerprint density at radius 1 is 1.07 bits per heavy atom. The molecule has 3 rings (SSSR count). The number of fused-ring (bicyclic) bond motifs is 1. The van der Waals surface area contributed by atoms with Gasteiger partial charge in [-0.15, -0.1) is 0 Å². The van der Waals surface area contributed by atoms with Crippen LogP contribution in [-0.4, -0.2) is 28.8 Å². The molecule has 2 aromatic rings. The first-order chi connectivity index (χ1) is 13.1. The summed E-state index contributed by atoms with van der Waals surface area (Å²) in [5, 5.41) is 7.43. The lowest BCUT2D eigenvalue weighted by Crippen LogP contribution is -2.29. The summed E-state index contributed by atoms with van der Waals surface area (Å²) in [5.41, 5.74) is 0.870. The van der Waals surface area contributed by atoms with E-state index in [1.807, 2.05) is 6.92 Å². The third kappa shape index (κ3) is 3.05. The second-order valence-corrected chi connectivity index (χ2v) is 7.04. The van der Waals surface area contributed by atoms with Crippen LogP contribution in [0.4, 0.5) is 0 Å². The van der Waals surface area contributed by atoms with Crippen molar-refractivity contribution in [1.29, 1.82) is 5.41 Å². The number of aryl methyl sites for hydroxylation is 1. The summed E-state index contributed by atoms with van der Waals surface area (Å²) in [6.45, 7) is 4.52. The van der Waals surface area contributed by atoms with Gasteiger partial charge in [-0.2, -0.15) is 0 Å². The summed E-state index contributed by atoms with van der Waals surface area (Å²) >= 11 is 6.08. The van der Waals surface area contributed by atoms with E-state index in [1.54, 1.807) is 24.3 Å². The van der Waals surface area contributed by atoms with Crippen molar-refractivity contribution < 1.29 is 23.6 Å². The van der Waals surface area contributed by atoms with Gasteiger partial charge < -0.3 is 9.83 Å². The first kappa shape index (κ1) is 19.6.